The van der Waals surface area contributed by atoms with Crippen LogP contribution in [0.2, 0.25) is 0 Å². The van der Waals surface area contributed by atoms with Crippen LogP contribution in [-0.2, 0) is 0 Å². The van der Waals surface area contributed by atoms with Crippen molar-refractivity contribution in [2.45, 2.75) is 44.8 Å². The number of nitrogens with zero attached hydrogens (tertiary/aromatic N) is 2. The standard InChI is InChI=1S/C17H26N2O/c1-14-5-4-6-15(13-14)18-9-11-19(12-10-18)16-7-2-3-8-17(16)20/h4-6,13,16-17,20H,2-3,7-12H2,1H3/t16-,17-/m0/s1. The lowest BCUT2D eigenvalue weighted by Gasteiger charge is -2.43. The van der Waals surface area contributed by atoms with Crippen molar-refractivity contribution in [3.63, 3.8) is 0 Å². The Kier molecular flexibility index (Phi) is 4.27. The van der Waals surface area contributed by atoms with Crippen molar-refractivity contribution < 1.29 is 5.11 Å². The second-order valence-electron chi connectivity index (χ2n) is 6.28. The predicted molar refractivity (Wildman–Crippen MR) is 83.2 cm³/mol. The Bertz CT molecular complexity index is 440. The quantitative estimate of drug-likeness (QED) is 0.897. The van der Waals surface area contributed by atoms with Gasteiger partial charge in [0, 0.05) is 37.9 Å². The molecule has 1 aliphatic heterocycles. The van der Waals surface area contributed by atoms with Crippen molar-refractivity contribution >= 4 is 5.69 Å². The van der Waals surface area contributed by atoms with E-state index >= 15 is 0 Å². The maximum absolute atomic E-state index is 10.2. The third-order valence-electron chi connectivity index (χ3n) is 4.84. The first-order valence-electron chi connectivity index (χ1n) is 7.98. The Morgan fingerprint density at radius 2 is 1.80 bits per heavy atom. The summed E-state index contributed by atoms with van der Waals surface area (Å²) in [5, 5.41) is 10.2. The Hall–Kier alpha value is -1.06. The summed E-state index contributed by atoms with van der Waals surface area (Å²) in [5.74, 6) is 0. The lowest BCUT2D eigenvalue weighted by atomic mass is 9.91. The maximum atomic E-state index is 10.2. The van der Waals surface area contributed by atoms with Gasteiger partial charge >= 0.3 is 0 Å². The van der Waals surface area contributed by atoms with E-state index in [4.69, 9.17) is 0 Å². The van der Waals surface area contributed by atoms with Crippen molar-refractivity contribution in [2.75, 3.05) is 31.1 Å². The van der Waals surface area contributed by atoms with Crippen LogP contribution in [0.4, 0.5) is 5.69 Å². The zero-order valence-corrected chi connectivity index (χ0v) is 12.5. The number of rotatable bonds is 2. The van der Waals surface area contributed by atoms with Crippen LogP contribution in [0.5, 0.6) is 0 Å². The number of hydrogen-bond donors (Lipinski definition) is 1. The summed E-state index contributed by atoms with van der Waals surface area (Å²) in [7, 11) is 0. The normalized spacial score (nSPS) is 28.6. The molecule has 1 heterocycles. The SMILES string of the molecule is Cc1cccc(N2CCN([C@H]3CCCC[C@@H]3O)CC2)c1. The Balaban J connectivity index is 1.59. The van der Waals surface area contributed by atoms with Crippen LogP contribution in [0.3, 0.4) is 0 Å². The molecule has 0 radical (unpaired) electrons. The molecule has 1 N–H and O–H groups in total. The number of piperazine rings is 1. The summed E-state index contributed by atoms with van der Waals surface area (Å²) in [5.41, 5.74) is 2.67. The first kappa shape index (κ1) is 13.9. The molecule has 0 unspecified atom stereocenters. The van der Waals surface area contributed by atoms with E-state index in [1.54, 1.807) is 0 Å². The van der Waals surface area contributed by atoms with Gasteiger partial charge in [-0.25, -0.2) is 0 Å². The van der Waals surface area contributed by atoms with Crippen LogP contribution in [0, 0.1) is 6.92 Å². The van der Waals surface area contributed by atoms with Gasteiger partial charge < -0.3 is 10.0 Å². The van der Waals surface area contributed by atoms with E-state index in [0.29, 0.717) is 6.04 Å². The van der Waals surface area contributed by atoms with E-state index in [2.05, 4.69) is 41.0 Å². The highest BCUT2D eigenvalue weighted by Crippen LogP contribution is 2.25. The highest BCUT2D eigenvalue weighted by molar-refractivity contribution is 5.48. The van der Waals surface area contributed by atoms with Gasteiger partial charge in [0.1, 0.15) is 0 Å². The summed E-state index contributed by atoms with van der Waals surface area (Å²) >= 11 is 0. The minimum absolute atomic E-state index is 0.103. The molecule has 1 aliphatic carbocycles. The summed E-state index contributed by atoms with van der Waals surface area (Å²) in [6, 6.07) is 9.17. The third-order valence-corrected chi connectivity index (χ3v) is 4.84. The number of benzene rings is 1. The monoisotopic (exact) mass is 274 g/mol. The van der Waals surface area contributed by atoms with Crippen LogP contribution >= 0.6 is 0 Å². The lowest BCUT2D eigenvalue weighted by molar-refractivity contribution is 0.0173. The fourth-order valence-electron chi connectivity index (χ4n) is 3.65. The molecule has 3 nitrogen and oxygen atoms in total. The zero-order valence-electron chi connectivity index (χ0n) is 12.5. The van der Waals surface area contributed by atoms with Gasteiger partial charge in [0.15, 0.2) is 0 Å². The third kappa shape index (κ3) is 2.99. The van der Waals surface area contributed by atoms with Crippen LogP contribution in [-0.4, -0.2) is 48.3 Å². The minimum atomic E-state index is -0.103. The molecule has 2 fully saturated rings. The highest BCUT2D eigenvalue weighted by atomic mass is 16.3. The summed E-state index contributed by atoms with van der Waals surface area (Å²) in [6.07, 6.45) is 4.53. The van der Waals surface area contributed by atoms with Gasteiger partial charge in [-0.15, -0.1) is 0 Å². The molecule has 1 aromatic carbocycles. The average Bonchev–Trinajstić information content (AvgIpc) is 2.48. The topological polar surface area (TPSA) is 26.7 Å². The Labute approximate surface area is 122 Å². The van der Waals surface area contributed by atoms with Gasteiger partial charge in [-0.3, -0.25) is 4.90 Å². The molecular weight excluding hydrogens is 248 g/mol. The molecule has 0 aromatic heterocycles. The van der Waals surface area contributed by atoms with Crippen molar-refractivity contribution in [1.82, 2.24) is 4.90 Å². The summed E-state index contributed by atoms with van der Waals surface area (Å²) in [6.45, 7) is 6.46. The van der Waals surface area contributed by atoms with Gasteiger partial charge in [0.2, 0.25) is 0 Å². The summed E-state index contributed by atoms with van der Waals surface area (Å²) < 4.78 is 0. The van der Waals surface area contributed by atoms with Crippen LogP contribution < -0.4 is 4.90 Å². The molecule has 0 bridgehead atoms. The minimum Gasteiger partial charge on any atom is -0.391 e. The van der Waals surface area contributed by atoms with E-state index in [9.17, 15) is 5.11 Å². The van der Waals surface area contributed by atoms with Crippen molar-refractivity contribution in [3.8, 4) is 0 Å². The van der Waals surface area contributed by atoms with Gasteiger partial charge in [-0.1, -0.05) is 25.0 Å². The molecule has 0 amide bonds. The maximum Gasteiger partial charge on any atom is 0.0695 e. The molecule has 2 aliphatic rings. The Morgan fingerprint density at radius 1 is 1.05 bits per heavy atom. The van der Waals surface area contributed by atoms with Crippen molar-refractivity contribution in [1.29, 1.82) is 0 Å². The molecule has 0 spiro atoms. The molecule has 2 atom stereocenters. The molecule has 1 aromatic rings. The van der Waals surface area contributed by atoms with Gasteiger partial charge in [0.25, 0.3) is 0 Å². The molecule has 110 valence electrons. The first-order chi connectivity index (χ1) is 9.74. The molecular formula is C17H26N2O. The Morgan fingerprint density at radius 3 is 2.50 bits per heavy atom. The molecule has 3 rings (SSSR count). The molecule has 3 heteroatoms. The smallest absolute Gasteiger partial charge is 0.0695 e. The number of anilines is 1. The number of aryl methyl sites for hydroxylation is 1. The predicted octanol–water partition coefficient (Wildman–Crippen LogP) is 2.42. The van der Waals surface area contributed by atoms with E-state index in [0.717, 1.165) is 32.6 Å². The largest absolute Gasteiger partial charge is 0.391 e. The van der Waals surface area contributed by atoms with E-state index < -0.39 is 0 Å². The zero-order chi connectivity index (χ0) is 13.9. The molecule has 1 saturated carbocycles. The van der Waals surface area contributed by atoms with Gasteiger partial charge in [-0.05, 0) is 37.5 Å². The van der Waals surface area contributed by atoms with Crippen LogP contribution in [0.15, 0.2) is 24.3 Å². The van der Waals surface area contributed by atoms with Crippen molar-refractivity contribution in [3.05, 3.63) is 29.8 Å². The second-order valence-corrected chi connectivity index (χ2v) is 6.28. The van der Waals surface area contributed by atoms with Crippen LogP contribution in [0.25, 0.3) is 0 Å². The first-order valence-corrected chi connectivity index (χ1v) is 7.98. The van der Waals surface area contributed by atoms with Gasteiger partial charge in [-0.2, -0.15) is 0 Å². The lowest BCUT2D eigenvalue weighted by Crippen LogP contribution is -2.54. The van der Waals surface area contributed by atoms with E-state index in [-0.39, 0.29) is 6.10 Å². The fourth-order valence-corrected chi connectivity index (χ4v) is 3.65. The number of hydrogen-bond acceptors (Lipinski definition) is 3. The van der Waals surface area contributed by atoms with Crippen molar-refractivity contribution in [2.24, 2.45) is 0 Å². The van der Waals surface area contributed by atoms with E-state index in [1.165, 1.54) is 30.5 Å². The second kappa shape index (κ2) is 6.15. The fraction of sp³-hybridized carbons (Fsp3) is 0.647. The number of aliphatic hydroxyl groups excluding tert-OH is 1. The van der Waals surface area contributed by atoms with Crippen LogP contribution in [0.1, 0.15) is 31.2 Å². The van der Waals surface area contributed by atoms with Gasteiger partial charge in [0.05, 0.1) is 6.10 Å². The molecule has 1 saturated heterocycles. The number of aliphatic hydroxyl groups is 1. The molecule has 20 heavy (non-hydrogen) atoms. The van der Waals surface area contributed by atoms with E-state index in [1.807, 2.05) is 0 Å². The average molecular weight is 274 g/mol. The summed E-state index contributed by atoms with van der Waals surface area (Å²) in [4.78, 5) is 4.98. The highest BCUT2D eigenvalue weighted by Gasteiger charge is 2.30.